The van der Waals surface area contributed by atoms with Crippen LogP contribution in [0.4, 0.5) is 0 Å². The number of nitrogens with zero attached hydrogens (tertiary/aromatic N) is 2. The molecule has 0 saturated heterocycles. The molecule has 3 nitrogen and oxygen atoms in total. The number of aromatic nitrogens is 2. The highest BCUT2D eigenvalue weighted by Gasteiger charge is 2.15. The zero-order chi connectivity index (χ0) is 36.3. The third-order valence-corrected chi connectivity index (χ3v) is 10.9. The largest absolute Gasteiger partial charge is 0.456 e. The molecule has 0 aliphatic carbocycles. The van der Waals surface area contributed by atoms with E-state index < -0.39 is 0 Å². The molecule has 0 aliphatic rings. The van der Waals surface area contributed by atoms with E-state index in [0.29, 0.717) is 5.82 Å². The van der Waals surface area contributed by atoms with Gasteiger partial charge in [0.1, 0.15) is 11.2 Å². The summed E-state index contributed by atoms with van der Waals surface area (Å²) in [5.41, 5.74) is 11.2. The Bertz CT molecular complexity index is 3200. The van der Waals surface area contributed by atoms with Crippen LogP contribution in [0.3, 0.4) is 0 Å². The summed E-state index contributed by atoms with van der Waals surface area (Å²) in [6, 6.07) is 68.6. The van der Waals surface area contributed by atoms with Crippen LogP contribution in [-0.4, -0.2) is 9.97 Å². The molecule has 0 saturated carbocycles. The van der Waals surface area contributed by atoms with Crippen molar-refractivity contribution in [3.63, 3.8) is 0 Å². The van der Waals surface area contributed by atoms with E-state index >= 15 is 0 Å². The Morgan fingerprint density at radius 3 is 1.44 bits per heavy atom. The number of benzene rings is 9. The lowest BCUT2D eigenvalue weighted by Crippen LogP contribution is -1.96. The Morgan fingerprint density at radius 1 is 0.291 bits per heavy atom. The van der Waals surface area contributed by atoms with Gasteiger partial charge in [-0.25, -0.2) is 9.97 Å². The van der Waals surface area contributed by atoms with Crippen LogP contribution in [0.15, 0.2) is 199 Å². The first kappa shape index (κ1) is 31.2. The molecule has 0 unspecified atom stereocenters. The van der Waals surface area contributed by atoms with Crippen molar-refractivity contribution in [1.82, 2.24) is 9.97 Å². The third-order valence-electron chi connectivity index (χ3n) is 10.9. The van der Waals surface area contributed by atoms with E-state index in [1.54, 1.807) is 0 Å². The summed E-state index contributed by atoms with van der Waals surface area (Å²) in [5, 5.41) is 9.93. The van der Waals surface area contributed by atoms with Crippen molar-refractivity contribution < 1.29 is 4.42 Å². The molecule has 3 heteroatoms. The van der Waals surface area contributed by atoms with Crippen molar-refractivity contribution in [2.45, 2.75) is 0 Å². The zero-order valence-electron chi connectivity index (χ0n) is 29.8. The van der Waals surface area contributed by atoms with Gasteiger partial charge in [-0.1, -0.05) is 170 Å². The number of furan rings is 1. The van der Waals surface area contributed by atoms with Crippen LogP contribution in [-0.2, 0) is 0 Å². The predicted octanol–water partition coefficient (Wildman–Crippen LogP) is 14.2. The summed E-state index contributed by atoms with van der Waals surface area (Å²) in [4.78, 5) is 10.2. The monoisotopic (exact) mass is 700 g/mol. The van der Waals surface area contributed by atoms with E-state index in [9.17, 15) is 0 Å². The summed E-state index contributed by atoms with van der Waals surface area (Å²) in [6.07, 6.45) is 0. The maximum atomic E-state index is 6.18. The number of hydrogen-bond acceptors (Lipinski definition) is 3. The summed E-state index contributed by atoms with van der Waals surface area (Å²) in [7, 11) is 0. The van der Waals surface area contributed by atoms with E-state index in [1.165, 1.54) is 37.9 Å². The van der Waals surface area contributed by atoms with E-state index in [4.69, 9.17) is 14.4 Å². The second kappa shape index (κ2) is 12.6. The van der Waals surface area contributed by atoms with Crippen molar-refractivity contribution in [1.29, 1.82) is 0 Å². The summed E-state index contributed by atoms with van der Waals surface area (Å²) < 4.78 is 6.18. The van der Waals surface area contributed by atoms with Crippen LogP contribution in [0.25, 0.3) is 110 Å². The molecule has 0 fully saturated rings. The average molecular weight is 701 g/mol. The first-order valence-electron chi connectivity index (χ1n) is 18.6. The Kier molecular flexibility index (Phi) is 7.17. The Labute approximate surface area is 317 Å². The predicted molar refractivity (Wildman–Crippen MR) is 229 cm³/mol. The van der Waals surface area contributed by atoms with Gasteiger partial charge in [-0.05, 0) is 78.8 Å². The van der Waals surface area contributed by atoms with Crippen LogP contribution >= 0.6 is 0 Å². The minimum absolute atomic E-state index is 0.699. The third kappa shape index (κ3) is 5.28. The van der Waals surface area contributed by atoms with Crippen molar-refractivity contribution in [3.05, 3.63) is 194 Å². The highest BCUT2D eigenvalue weighted by atomic mass is 16.3. The Hall–Kier alpha value is -7.36. The number of para-hydroxylation sites is 1. The number of rotatable bonds is 5. The van der Waals surface area contributed by atoms with Crippen LogP contribution in [0, 0.1) is 0 Å². The normalized spacial score (nSPS) is 11.6. The molecule has 0 amide bonds. The molecule has 256 valence electrons. The first-order chi connectivity index (χ1) is 27.2. The Balaban J connectivity index is 0.980. The SMILES string of the molecule is c1ccc(-c2nc(-c3ccc(-c4ccc5c6ccccc6c6ccccc6c5c4)cc3)cc(-c3ccc(-c4cccc5oc6ccccc6c45)cc3)n2)cc1. The van der Waals surface area contributed by atoms with Gasteiger partial charge < -0.3 is 4.42 Å². The fourth-order valence-electron chi connectivity index (χ4n) is 8.22. The maximum Gasteiger partial charge on any atom is 0.160 e. The van der Waals surface area contributed by atoms with Crippen molar-refractivity contribution in [3.8, 4) is 56.2 Å². The quantitative estimate of drug-likeness (QED) is 0.168. The molecular weight excluding hydrogens is 669 g/mol. The lowest BCUT2D eigenvalue weighted by Gasteiger charge is -2.13. The van der Waals surface area contributed by atoms with E-state index in [2.05, 4.69) is 158 Å². The molecule has 2 aromatic heterocycles. The summed E-state index contributed by atoms with van der Waals surface area (Å²) >= 11 is 0. The fourth-order valence-corrected chi connectivity index (χ4v) is 8.22. The standard InChI is InChI=1S/C52H32N2O/c1-2-11-37(12-3-1)52-53-47(32-48(54-52)36-27-23-34(24-28-36)39-18-10-20-50-51(39)45-17-8-9-19-49(45)55-50)35-25-21-33(22-26-35)38-29-30-44-42-15-5-4-13-40(42)41-14-6-7-16-43(41)46(44)31-38/h1-32H. The first-order valence-corrected chi connectivity index (χ1v) is 18.6. The lowest BCUT2D eigenvalue weighted by atomic mass is 9.92. The van der Waals surface area contributed by atoms with Crippen molar-refractivity contribution in [2.24, 2.45) is 0 Å². The molecule has 9 aromatic carbocycles. The highest BCUT2D eigenvalue weighted by molar-refractivity contribution is 6.25. The minimum Gasteiger partial charge on any atom is -0.456 e. The van der Waals surface area contributed by atoms with Gasteiger partial charge in [-0.15, -0.1) is 0 Å². The van der Waals surface area contributed by atoms with Crippen LogP contribution in [0.2, 0.25) is 0 Å². The number of fused-ring (bicyclic) bond motifs is 9. The van der Waals surface area contributed by atoms with Gasteiger partial charge in [0.05, 0.1) is 11.4 Å². The van der Waals surface area contributed by atoms with E-state index in [0.717, 1.165) is 66.7 Å². The van der Waals surface area contributed by atoms with E-state index in [-0.39, 0.29) is 0 Å². The molecule has 2 heterocycles. The Morgan fingerprint density at radius 2 is 0.782 bits per heavy atom. The molecule has 0 atom stereocenters. The van der Waals surface area contributed by atoms with Gasteiger partial charge in [-0.3, -0.25) is 0 Å². The molecule has 0 aliphatic heterocycles. The lowest BCUT2D eigenvalue weighted by molar-refractivity contribution is 0.669. The maximum absolute atomic E-state index is 6.18. The molecule has 0 bridgehead atoms. The smallest absolute Gasteiger partial charge is 0.160 e. The molecule has 11 rings (SSSR count). The van der Waals surface area contributed by atoms with Gasteiger partial charge >= 0.3 is 0 Å². The van der Waals surface area contributed by atoms with Gasteiger partial charge in [0.15, 0.2) is 5.82 Å². The highest BCUT2D eigenvalue weighted by Crippen LogP contribution is 2.39. The van der Waals surface area contributed by atoms with Crippen LogP contribution in [0.1, 0.15) is 0 Å². The fraction of sp³-hybridized carbons (Fsp3) is 0. The van der Waals surface area contributed by atoms with Crippen LogP contribution in [0.5, 0.6) is 0 Å². The minimum atomic E-state index is 0.699. The molecule has 0 N–H and O–H groups in total. The zero-order valence-corrected chi connectivity index (χ0v) is 29.8. The topological polar surface area (TPSA) is 38.9 Å². The van der Waals surface area contributed by atoms with E-state index in [1.807, 2.05) is 36.4 Å². The summed E-state index contributed by atoms with van der Waals surface area (Å²) in [6.45, 7) is 0. The van der Waals surface area contributed by atoms with Gasteiger partial charge in [0.25, 0.3) is 0 Å². The van der Waals surface area contributed by atoms with Crippen LogP contribution < -0.4 is 0 Å². The van der Waals surface area contributed by atoms with Crippen molar-refractivity contribution in [2.75, 3.05) is 0 Å². The van der Waals surface area contributed by atoms with Gasteiger partial charge in [-0.2, -0.15) is 0 Å². The summed E-state index contributed by atoms with van der Waals surface area (Å²) in [5.74, 6) is 0.699. The molecule has 55 heavy (non-hydrogen) atoms. The average Bonchev–Trinajstić information content (AvgIpc) is 3.66. The second-order valence-electron chi connectivity index (χ2n) is 14.1. The molecular formula is C52H32N2O. The number of hydrogen-bond donors (Lipinski definition) is 0. The molecule has 0 spiro atoms. The molecule has 0 radical (unpaired) electrons. The molecule has 11 aromatic rings. The second-order valence-corrected chi connectivity index (χ2v) is 14.1. The van der Waals surface area contributed by atoms with Gasteiger partial charge in [0, 0.05) is 27.5 Å². The van der Waals surface area contributed by atoms with Gasteiger partial charge in [0.2, 0.25) is 0 Å². The van der Waals surface area contributed by atoms with Crippen molar-refractivity contribution >= 4 is 54.3 Å².